The number of nitrogens with zero attached hydrogens (tertiary/aromatic N) is 1. The summed E-state index contributed by atoms with van der Waals surface area (Å²) in [5.74, 6) is -1.05. The van der Waals surface area contributed by atoms with Crippen LogP contribution in [-0.2, 0) is 9.59 Å². The third-order valence-corrected chi connectivity index (χ3v) is 4.53. The lowest BCUT2D eigenvalue weighted by Crippen LogP contribution is -2.34. The molecule has 2 aromatic carbocycles. The van der Waals surface area contributed by atoms with E-state index in [4.69, 9.17) is 9.84 Å². The molecule has 1 heterocycles. The normalized spacial score (nSPS) is 16.4. The summed E-state index contributed by atoms with van der Waals surface area (Å²) in [4.78, 5) is 37.6. The second kappa shape index (κ2) is 8.12. The quantitative estimate of drug-likeness (QED) is 0.714. The number of anilines is 2. The van der Waals surface area contributed by atoms with E-state index >= 15 is 0 Å². The summed E-state index contributed by atoms with van der Waals surface area (Å²) in [7, 11) is 0. The van der Waals surface area contributed by atoms with Gasteiger partial charge in [0.2, 0.25) is 5.91 Å². The SMILES string of the molecule is CCCOc1ccc(N2C(=O)C[C@H](Nc3cc(C(=O)O)ccc3C)C2=O)cc1. The lowest BCUT2D eigenvalue weighted by atomic mass is 10.1. The van der Waals surface area contributed by atoms with Crippen molar-refractivity contribution in [2.75, 3.05) is 16.8 Å². The Balaban J connectivity index is 1.77. The van der Waals surface area contributed by atoms with Gasteiger partial charge in [-0.15, -0.1) is 0 Å². The molecule has 1 atom stereocenters. The molecule has 1 fully saturated rings. The third-order valence-electron chi connectivity index (χ3n) is 4.53. The second-order valence-corrected chi connectivity index (χ2v) is 6.65. The van der Waals surface area contributed by atoms with E-state index in [2.05, 4.69) is 5.32 Å². The summed E-state index contributed by atoms with van der Waals surface area (Å²) in [5, 5.41) is 12.2. The Morgan fingerprint density at radius 1 is 1.21 bits per heavy atom. The third kappa shape index (κ3) is 3.98. The molecule has 2 N–H and O–H groups in total. The minimum absolute atomic E-state index is 0.00363. The molecule has 2 aromatic rings. The van der Waals surface area contributed by atoms with E-state index in [0.29, 0.717) is 23.7 Å². The monoisotopic (exact) mass is 382 g/mol. The summed E-state index contributed by atoms with van der Waals surface area (Å²) in [6, 6.07) is 10.7. The zero-order valence-corrected chi connectivity index (χ0v) is 15.8. The fourth-order valence-corrected chi connectivity index (χ4v) is 3.03. The summed E-state index contributed by atoms with van der Waals surface area (Å²) < 4.78 is 5.52. The molecule has 28 heavy (non-hydrogen) atoms. The van der Waals surface area contributed by atoms with Gasteiger partial charge in [0.05, 0.1) is 24.3 Å². The molecule has 1 saturated heterocycles. The van der Waals surface area contributed by atoms with Gasteiger partial charge < -0.3 is 15.2 Å². The molecule has 0 aliphatic carbocycles. The first-order chi connectivity index (χ1) is 13.4. The van der Waals surface area contributed by atoms with Crippen molar-refractivity contribution < 1.29 is 24.2 Å². The van der Waals surface area contributed by atoms with E-state index in [0.717, 1.165) is 16.9 Å². The number of imide groups is 1. The van der Waals surface area contributed by atoms with Crippen LogP contribution in [0.5, 0.6) is 5.75 Å². The Morgan fingerprint density at radius 3 is 2.57 bits per heavy atom. The van der Waals surface area contributed by atoms with Crippen LogP contribution in [0.2, 0.25) is 0 Å². The number of benzene rings is 2. The zero-order valence-electron chi connectivity index (χ0n) is 15.8. The number of aromatic carboxylic acids is 1. The van der Waals surface area contributed by atoms with E-state index in [1.54, 1.807) is 30.3 Å². The number of rotatable bonds is 7. The van der Waals surface area contributed by atoms with Crippen molar-refractivity contribution in [2.45, 2.75) is 32.7 Å². The fraction of sp³-hybridized carbons (Fsp3) is 0.286. The standard InChI is InChI=1S/C21H22N2O5/c1-3-10-28-16-8-6-15(7-9-16)23-19(24)12-18(20(23)25)22-17-11-14(21(26)27)5-4-13(17)2/h4-9,11,18,22H,3,10,12H2,1-2H3,(H,26,27)/t18-/m0/s1. The number of carbonyl (C=O) groups is 3. The number of hydrogen-bond acceptors (Lipinski definition) is 5. The Bertz CT molecular complexity index is 908. The van der Waals surface area contributed by atoms with Gasteiger partial charge in [-0.3, -0.25) is 9.59 Å². The van der Waals surface area contributed by atoms with E-state index < -0.39 is 12.0 Å². The molecule has 0 radical (unpaired) electrons. The number of ether oxygens (including phenoxy) is 1. The summed E-state index contributed by atoms with van der Waals surface area (Å²) in [6.45, 7) is 4.42. The largest absolute Gasteiger partial charge is 0.494 e. The number of nitrogens with one attached hydrogen (secondary N) is 1. The molecule has 7 nitrogen and oxygen atoms in total. The molecule has 3 rings (SSSR count). The highest BCUT2D eigenvalue weighted by Crippen LogP contribution is 2.28. The van der Waals surface area contributed by atoms with Crippen molar-refractivity contribution in [3.8, 4) is 5.75 Å². The number of hydrogen-bond donors (Lipinski definition) is 2. The predicted molar refractivity (Wildman–Crippen MR) is 105 cm³/mol. The molecule has 0 saturated carbocycles. The number of carboxylic acid groups (broad SMARTS) is 1. The lowest BCUT2D eigenvalue weighted by Gasteiger charge is -2.17. The average Bonchev–Trinajstić information content (AvgIpc) is 2.95. The first kappa shape index (κ1) is 19.4. The van der Waals surface area contributed by atoms with Gasteiger partial charge in [0.15, 0.2) is 0 Å². The van der Waals surface area contributed by atoms with E-state index in [-0.39, 0.29) is 23.8 Å². The summed E-state index contributed by atoms with van der Waals surface area (Å²) in [5.41, 5.74) is 1.92. The molecule has 1 aliphatic rings. The van der Waals surface area contributed by atoms with Gasteiger partial charge in [0, 0.05) is 5.69 Å². The first-order valence-corrected chi connectivity index (χ1v) is 9.11. The highest BCUT2D eigenvalue weighted by atomic mass is 16.5. The van der Waals surface area contributed by atoms with Crippen LogP contribution in [0.4, 0.5) is 11.4 Å². The maximum atomic E-state index is 12.8. The molecule has 7 heteroatoms. The number of amides is 2. The van der Waals surface area contributed by atoms with Gasteiger partial charge in [-0.1, -0.05) is 13.0 Å². The molecule has 2 amide bonds. The van der Waals surface area contributed by atoms with Crippen LogP contribution in [0.15, 0.2) is 42.5 Å². The Morgan fingerprint density at radius 2 is 1.93 bits per heavy atom. The van der Waals surface area contributed by atoms with Crippen LogP contribution in [0.3, 0.4) is 0 Å². The average molecular weight is 382 g/mol. The second-order valence-electron chi connectivity index (χ2n) is 6.65. The van der Waals surface area contributed by atoms with Gasteiger partial charge in [0.1, 0.15) is 11.8 Å². The maximum Gasteiger partial charge on any atom is 0.335 e. The molecular formula is C21H22N2O5. The van der Waals surface area contributed by atoms with Gasteiger partial charge in [-0.25, -0.2) is 9.69 Å². The molecule has 1 aliphatic heterocycles. The van der Waals surface area contributed by atoms with Crippen LogP contribution in [0.25, 0.3) is 0 Å². The number of carboxylic acids is 1. The van der Waals surface area contributed by atoms with E-state index in [9.17, 15) is 14.4 Å². The Labute approximate surface area is 162 Å². The Hall–Kier alpha value is -3.35. The van der Waals surface area contributed by atoms with Gasteiger partial charge in [-0.2, -0.15) is 0 Å². The topological polar surface area (TPSA) is 95.9 Å². The number of aryl methyl sites for hydroxylation is 1. The molecule has 146 valence electrons. The van der Waals surface area contributed by atoms with Gasteiger partial charge in [0.25, 0.3) is 5.91 Å². The van der Waals surface area contributed by atoms with Crippen LogP contribution in [0, 0.1) is 6.92 Å². The smallest absolute Gasteiger partial charge is 0.335 e. The van der Waals surface area contributed by atoms with Crippen molar-refractivity contribution in [1.29, 1.82) is 0 Å². The first-order valence-electron chi connectivity index (χ1n) is 9.11. The minimum atomic E-state index is -1.05. The number of carbonyl (C=O) groups excluding carboxylic acids is 2. The molecule has 0 spiro atoms. The minimum Gasteiger partial charge on any atom is -0.494 e. The highest BCUT2D eigenvalue weighted by molar-refractivity contribution is 6.23. The predicted octanol–water partition coefficient (Wildman–Crippen LogP) is 3.23. The van der Waals surface area contributed by atoms with Gasteiger partial charge >= 0.3 is 5.97 Å². The molecule has 0 bridgehead atoms. The van der Waals surface area contributed by atoms with Crippen LogP contribution < -0.4 is 15.0 Å². The van der Waals surface area contributed by atoms with Crippen LogP contribution >= 0.6 is 0 Å². The maximum absolute atomic E-state index is 12.8. The molecular weight excluding hydrogens is 360 g/mol. The van der Waals surface area contributed by atoms with Crippen molar-refractivity contribution in [3.05, 3.63) is 53.6 Å². The fourth-order valence-electron chi connectivity index (χ4n) is 3.03. The molecule has 0 unspecified atom stereocenters. The summed E-state index contributed by atoms with van der Waals surface area (Å²) >= 11 is 0. The zero-order chi connectivity index (χ0) is 20.3. The molecule has 0 aromatic heterocycles. The highest BCUT2D eigenvalue weighted by Gasteiger charge is 2.39. The van der Waals surface area contributed by atoms with Crippen LogP contribution in [0.1, 0.15) is 35.7 Å². The van der Waals surface area contributed by atoms with E-state index in [1.165, 1.54) is 12.1 Å². The van der Waals surface area contributed by atoms with Crippen molar-refractivity contribution in [2.24, 2.45) is 0 Å². The van der Waals surface area contributed by atoms with Crippen molar-refractivity contribution in [3.63, 3.8) is 0 Å². The Kier molecular flexibility index (Phi) is 5.63. The van der Waals surface area contributed by atoms with Crippen molar-refractivity contribution in [1.82, 2.24) is 0 Å². The van der Waals surface area contributed by atoms with Crippen molar-refractivity contribution >= 4 is 29.2 Å². The lowest BCUT2D eigenvalue weighted by molar-refractivity contribution is -0.121. The summed E-state index contributed by atoms with van der Waals surface area (Å²) in [6.07, 6.45) is 0.893. The van der Waals surface area contributed by atoms with E-state index in [1.807, 2.05) is 13.8 Å². The van der Waals surface area contributed by atoms with Crippen LogP contribution in [-0.4, -0.2) is 35.5 Å². The van der Waals surface area contributed by atoms with Gasteiger partial charge in [-0.05, 0) is 55.3 Å².